The van der Waals surface area contributed by atoms with E-state index in [0.29, 0.717) is 4.57 Å². The van der Waals surface area contributed by atoms with Crippen molar-refractivity contribution < 1.29 is 18.6 Å². The van der Waals surface area contributed by atoms with E-state index in [1.54, 1.807) is 0 Å². The van der Waals surface area contributed by atoms with Gasteiger partial charge in [-0.25, -0.2) is 4.79 Å². The van der Waals surface area contributed by atoms with E-state index in [9.17, 15) is 18.7 Å². The van der Waals surface area contributed by atoms with Crippen LogP contribution in [0.5, 0.6) is 0 Å². The van der Waals surface area contributed by atoms with Crippen molar-refractivity contribution in [3.05, 3.63) is 29.7 Å². The largest absolute Gasteiger partial charge is 0.384 e. The molecule has 0 spiro atoms. The summed E-state index contributed by atoms with van der Waals surface area (Å²) in [4.78, 5) is 14.7. The van der Waals surface area contributed by atoms with Crippen LogP contribution in [0.2, 0.25) is 0 Å². The number of nitrogens with zero attached hydrogens (tertiary/aromatic N) is 2. The monoisotopic (exact) mass is 246 g/mol. The second-order valence-electron chi connectivity index (χ2n) is 3.69. The predicted octanol–water partition coefficient (Wildman–Crippen LogP) is -0.447. The van der Waals surface area contributed by atoms with Crippen molar-refractivity contribution in [2.24, 2.45) is 0 Å². The first-order valence-corrected chi connectivity index (χ1v) is 4.73. The average Bonchev–Trinajstić information content (AvgIpc) is 2.43. The van der Waals surface area contributed by atoms with Crippen molar-refractivity contribution in [1.82, 2.24) is 9.55 Å². The van der Waals surface area contributed by atoms with Crippen LogP contribution in [0.4, 0.5) is 14.6 Å². The zero-order chi connectivity index (χ0) is 12.8. The number of hydrogen-bond donors (Lipinski definition) is 2. The number of rotatable bonds is 1. The minimum absolute atomic E-state index is 0.0840. The molecule has 0 saturated carbocycles. The Hall–Kier alpha value is -1.54. The van der Waals surface area contributed by atoms with Crippen LogP contribution < -0.4 is 11.4 Å². The number of aliphatic hydroxyl groups is 1. The highest BCUT2D eigenvalue weighted by Gasteiger charge is 2.58. The summed E-state index contributed by atoms with van der Waals surface area (Å²) >= 11 is 0. The van der Waals surface area contributed by atoms with E-state index in [1.165, 1.54) is 6.07 Å². The molecule has 1 fully saturated rings. The highest BCUT2D eigenvalue weighted by atomic mass is 19.3. The summed E-state index contributed by atoms with van der Waals surface area (Å²) in [6.07, 6.45) is -4.29. The quantitative estimate of drug-likeness (QED) is 0.700. The van der Waals surface area contributed by atoms with E-state index in [1.807, 2.05) is 0 Å². The lowest BCUT2D eigenvalue weighted by Crippen LogP contribution is -2.41. The van der Waals surface area contributed by atoms with Crippen molar-refractivity contribution in [1.29, 1.82) is 0 Å². The van der Waals surface area contributed by atoms with E-state index in [2.05, 4.69) is 11.9 Å². The zero-order valence-electron chi connectivity index (χ0n) is 8.59. The summed E-state index contributed by atoms with van der Waals surface area (Å²) < 4.78 is 32.5. The van der Waals surface area contributed by atoms with E-state index in [4.69, 9.17) is 10.5 Å². The molecule has 3 atom stereocenters. The molecule has 0 unspecified atom stereocenters. The number of ether oxygens (including phenoxy) is 1. The minimum atomic E-state index is -3.62. The van der Waals surface area contributed by atoms with Crippen molar-refractivity contribution in [3.8, 4) is 0 Å². The van der Waals surface area contributed by atoms with Gasteiger partial charge < -0.3 is 15.6 Å². The molecule has 93 valence electrons. The van der Waals surface area contributed by atoms with Crippen molar-refractivity contribution in [3.63, 3.8) is 0 Å². The van der Waals surface area contributed by atoms with Gasteiger partial charge in [0.2, 0.25) is 6.23 Å². The lowest BCUT2D eigenvalue weighted by atomic mass is 10.1. The molecule has 1 aromatic rings. The van der Waals surface area contributed by atoms with Crippen LogP contribution in [-0.4, -0.2) is 32.8 Å². The molecule has 3 N–H and O–H groups in total. The highest BCUT2D eigenvalue weighted by Crippen LogP contribution is 2.41. The van der Waals surface area contributed by atoms with Gasteiger partial charge in [-0.2, -0.15) is 13.8 Å². The Kier molecular flexibility index (Phi) is 2.63. The van der Waals surface area contributed by atoms with Crippen LogP contribution in [0.1, 0.15) is 6.23 Å². The Morgan fingerprint density at radius 2 is 2.29 bits per heavy atom. The number of alkyl halides is 2. The summed E-state index contributed by atoms with van der Waals surface area (Å²) in [6.45, 7) is 3.22. The number of hydrogen-bond acceptors (Lipinski definition) is 5. The fourth-order valence-corrected chi connectivity index (χ4v) is 1.58. The third-order valence-electron chi connectivity index (χ3n) is 2.48. The lowest BCUT2D eigenvalue weighted by molar-refractivity contribution is -0.140. The van der Waals surface area contributed by atoms with Crippen molar-refractivity contribution >= 4 is 5.82 Å². The Morgan fingerprint density at radius 1 is 1.65 bits per heavy atom. The molecule has 6 nitrogen and oxygen atoms in total. The first kappa shape index (κ1) is 11.9. The molecule has 1 radical (unpaired) electrons. The molecule has 1 aliphatic rings. The minimum Gasteiger partial charge on any atom is -0.384 e. The molecule has 1 saturated heterocycles. The Bertz CT molecular complexity index is 491. The predicted molar refractivity (Wildman–Crippen MR) is 53.1 cm³/mol. The molecule has 2 heterocycles. The molecule has 0 aromatic carbocycles. The van der Waals surface area contributed by atoms with Crippen LogP contribution in [0, 0.1) is 6.92 Å². The Morgan fingerprint density at radius 3 is 2.76 bits per heavy atom. The second-order valence-corrected chi connectivity index (χ2v) is 3.69. The van der Waals surface area contributed by atoms with Gasteiger partial charge in [0.15, 0.2) is 0 Å². The molecular formula is C9H10F2N3O3. The van der Waals surface area contributed by atoms with Gasteiger partial charge in [-0.15, -0.1) is 0 Å². The molecule has 1 aromatic heterocycles. The molecule has 1 aliphatic heterocycles. The molecule has 0 aliphatic carbocycles. The number of aliphatic hydroxyl groups excluding tert-OH is 1. The van der Waals surface area contributed by atoms with E-state index in [-0.39, 0.29) is 5.82 Å². The van der Waals surface area contributed by atoms with Gasteiger partial charge >= 0.3 is 11.6 Å². The van der Waals surface area contributed by atoms with Crippen LogP contribution in [0.25, 0.3) is 0 Å². The lowest BCUT2D eigenvalue weighted by Gasteiger charge is -2.20. The van der Waals surface area contributed by atoms with E-state index < -0.39 is 30.0 Å². The SMILES string of the molecule is [CH2][C@@H]1O[C@@H](n2ccc(N)nc2=O)C(F)(F)[C@@H]1O. The number of halogens is 2. The van der Waals surface area contributed by atoms with E-state index in [0.717, 1.165) is 6.20 Å². The Balaban J connectivity index is 2.45. The van der Waals surface area contributed by atoms with Gasteiger partial charge in [-0.1, -0.05) is 0 Å². The molecule has 0 amide bonds. The normalized spacial score (nSPS) is 31.6. The fraction of sp³-hybridized carbons (Fsp3) is 0.444. The zero-order valence-corrected chi connectivity index (χ0v) is 8.59. The molecule has 0 bridgehead atoms. The standard InChI is InChI=1S/C9H10F2N3O3/c1-4-6(15)9(10,11)7(17-4)14-3-2-5(12)13-8(14)16/h2-4,6-7,15H,1H2,(H2,12,13,16)/t4-,6+,7+/m0/s1. The summed E-state index contributed by atoms with van der Waals surface area (Å²) in [5.74, 6) is -3.70. The van der Waals surface area contributed by atoms with Crippen LogP contribution in [0.15, 0.2) is 17.1 Å². The molecular weight excluding hydrogens is 236 g/mol. The van der Waals surface area contributed by atoms with Crippen molar-refractivity contribution in [2.45, 2.75) is 24.4 Å². The topological polar surface area (TPSA) is 90.4 Å². The van der Waals surface area contributed by atoms with Gasteiger partial charge in [0.25, 0.3) is 0 Å². The van der Waals surface area contributed by atoms with Gasteiger partial charge in [0, 0.05) is 6.20 Å². The highest BCUT2D eigenvalue weighted by molar-refractivity contribution is 5.23. The van der Waals surface area contributed by atoms with Gasteiger partial charge in [-0.3, -0.25) is 4.57 Å². The van der Waals surface area contributed by atoms with Gasteiger partial charge in [-0.05, 0) is 13.0 Å². The summed E-state index contributed by atoms with van der Waals surface area (Å²) in [5, 5.41) is 9.20. The molecule has 17 heavy (non-hydrogen) atoms. The van der Waals surface area contributed by atoms with Gasteiger partial charge in [0.05, 0.1) is 6.10 Å². The third kappa shape index (κ3) is 1.79. The summed E-state index contributed by atoms with van der Waals surface area (Å²) in [7, 11) is 0. The van der Waals surface area contributed by atoms with E-state index >= 15 is 0 Å². The summed E-state index contributed by atoms with van der Waals surface area (Å²) in [6, 6.07) is 1.18. The first-order valence-electron chi connectivity index (χ1n) is 4.73. The van der Waals surface area contributed by atoms with Crippen molar-refractivity contribution in [2.75, 3.05) is 5.73 Å². The Labute approximate surface area is 94.6 Å². The molecule has 8 heteroatoms. The first-order chi connectivity index (χ1) is 7.84. The summed E-state index contributed by atoms with van der Waals surface area (Å²) in [5.41, 5.74) is 4.26. The van der Waals surface area contributed by atoms with Crippen LogP contribution in [-0.2, 0) is 4.74 Å². The number of nitrogens with two attached hydrogens (primary N) is 1. The fourth-order valence-electron chi connectivity index (χ4n) is 1.58. The number of nitrogen functional groups attached to an aromatic ring is 1. The second kappa shape index (κ2) is 3.74. The maximum absolute atomic E-state index is 13.6. The molecule has 2 rings (SSSR count). The van der Waals surface area contributed by atoms with Gasteiger partial charge in [0.1, 0.15) is 11.9 Å². The maximum atomic E-state index is 13.6. The van der Waals surface area contributed by atoms with Crippen LogP contribution in [0.3, 0.4) is 0 Å². The maximum Gasteiger partial charge on any atom is 0.351 e. The third-order valence-corrected chi connectivity index (χ3v) is 2.48. The smallest absolute Gasteiger partial charge is 0.351 e. The average molecular weight is 246 g/mol. The number of aromatic nitrogens is 2. The number of anilines is 1. The van der Waals surface area contributed by atoms with Crippen LogP contribution >= 0.6 is 0 Å².